The van der Waals surface area contributed by atoms with Crippen molar-refractivity contribution in [3.8, 4) is 11.6 Å². The first-order chi connectivity index (χ1) is 18.6. The zero-order chi connectivity index (χ0) is 26.3. The second kappa shape index (κ2) is 11.8. The van der Waals surface area contributed by atoms with Crippen molar-refractivity contribution in [3.63, 3.8) is 0 Å². The number of nitrogens with one attached hydrogen (secondary N) is 1. The van der Waals surface area contributed by atoms with Crippen molar-refractivity contribution in [1.82, 2.24) is 35.6 Å². The van der Waals surface area contributed by atoms with Crippen LogP contribution < -0.4 is 15.9 Å². The summed E-state index contributed by atoms with van der Waals surface area (Å²) in [4.78, 5) is 15.3. The smallest absolute Gasteiger partial charge is 0.292 e. The van der Waals surface area contributed by atoms with Crippen LogP contribution in [0, 0.1) is 0 Å². The topological polar surface area (TPSA) is 159 Å². The summed E-state index contributed by atoms with van der Waals surface area (Å²) >= 11 is 6.17. The number of carbonyl (C=O) groups is 1. The molecule has 1 saturated heterocycles. The predicted octanol–water partition coefficient (Wildman–Crippen LogP) is 2.06. The SMILES string of the molecule is Nc1nonc1-n1nnc(CN2CCOCC2)c1C(=O)N/N=C/c1ccc(OCc2ccccc2Cl)cc1. The van der Waals surface area contributed by atoms with Gasteiger partial charge in [0.2, 0.25) is 11.6 Å². The Bertz CT molecular complexity index is 1410. The number of halogens is 1. The maximum Gasteiger partial charge on any atom is 0.292 e. The summed E-state index contributed by atoms with van der Waals surface area (Å²) < 4.78 is 17.1. The van der Waals surface area contributed by atoms with E-state index in [1.165, 1.54) is 10.9 Å². The van der Waals surface area contributed by atoms with Crippen LogP contribution in [0.5, 0.6) is 5.75 Å². The van der Waals surface area contributed by atoms with Gasteiger partial charge in [-0.05, 0) is 46.2 Å². The fourth-order valence-electron chi connectivity index (χ4n) is 3.75. The molecule has 2 aromatic heterocycles. The number of amides is 1. The summed E-state index contributed by atoms with van der Waals surface area (Å²) in [7, 11) is 0. The summed E-state index contributed by atoms with van der Waals surface area (Å²) in [6.45, 7) is 3.35. The Morgan fingerprint density at radius 1 is 1.16 bits per heavy atom. The highest BCUT2D eigenvalue weighted by Crippen LogP contribution is 2.19. The average Bonchev–Trinajstić information content (AvgIpc) is 3.55. The van der Waals surface area contributed by atoms with Crippen LogP contribution >= 0.6 is 11.6 Å². The Labute approximate surface area is 222 Å². The van der Waals surface area contributed by atoms with Crippen molar-refractivity contribution < 1.29 is 18.9 Å². The van der Waals surface area contributed by atoms with Crippen LogP contribution in [0.1, 0.15) is 27.3 Å². The maximum atomic E-state index is 13.2. The predicted molar refractivity (Wildman–Crippen MR) is 137 cm³/mol. The second-order valence-electron chi connectivity index (χ2n) is 8.31. The van der Waals surface area contributed by atoms with Crippen molar-refractivity contribution in [2.75, 3.05) is 32.0 Å². The van der Waals surface area contributed by atoms with Crippen LogP contribution in [0.4, 0.5) is 5.82 Å². The van der Waals surface area contributed by atoms with Crippen molar-refractivity contribution in [2.45, 2.75) is 13.2 Å². The van der Waals surface area contributed by atoms with E-state index in [0.717, 1.165) is 11.1 Å². The summed E-state index contributed by atoms with van der Waals surface area (Å²) in [6.07, 6.45) is 1.51. The number of aromatic nitrogens is 5. The lowest BCUT2D eigenvalue weighted by molar-refractivity contribution is 0.0335. The van der Waals surface area contributed by atoms with Gasteiger partial charge in [-0.2, -0.15) is 9.78 Å². The minimum atomic E-state index is -0.545. The molecule has 3 N–H and O–H groups in total. The van der Waals surface area contributed by atoms with E-state index in [9.17, 15) is 4.79 Å². The Hall–Kier alpha value is -4.33. The molecule has 0 bridgehead atoms. The third-order valence-electron chi connectivity index (χ3n) is 5.74. The van der Waals surface area contributed by atoms with Gasteiger partial charge in [0.25, 0.3) is 5.91 Å². The fourth-order valence-corrected chi connectivity index (χ4v) is 3.94. The van der Waals surface area contributed by atoms with Crippen molar-refractivity contribution in [3.05, 3.63) is 76.1 Å². The zero-order valence-corrected chi connectivity index (χ0v) is 20.9. The lowest BCUT2D eigenvalue weighted by atomic mass is 10.2. The van der Waals surface area contributed by atoms with E-state index < -0.39 is 5.91 Å². The highest BCUT2D eigenvalue weighted by Gasteiger charge is 2.26. The number of hydrazone groups is 1. The number of nitrogens with zero attached hydrogens (tertiary/aromatic N) is 7. The normalized spacial score (nSPS) is 14.1. The third kappa shape index (κ3) is 5.96. The number of hydrogen-bond donors (Lipinski definition) is 2. The molecule has 0 aliphatic carbocycles. The van der Waals surface area contributed by atoms with Crippen molar-refractivity contribution in [2.24, 2.45) is 5.10 Å². The number of morpholine rings is 1. The summed E-state index contributed by atoms with van der Waals surface area (Å²) in [5.41, 5.74) is 10.5. The van der Waals surface area contributed by atoms with Gasteiger partial charge in [-0.15, -0.1) is 5.10 Å². The van der Waals surface area contributed by atoms with Crippen molar-refractivity contribution >= 4 is 29.5 Å². The lowest BCUT2D eigenvalue weighted by Crippen LogP contribution is -2.36. The average molecular weight is 538 g/mol. The highest BCUT2D eigenvalue weighted by molar-refractivity contribution is 6.31. The van der Waals surface area contributed by atoms with Gasteiger partial charge in [0.15, 0.2) is 5.69 Å². The first-order valence-corrected chi connectivity index (χ1v) is 12.1. The van der Waals surface area contributed by atoms with E-state index in [1.54, 1.807) is 12.1 Å². The molecule has 1 fully saturated rings. The van der Waals surface area contributed by atoms with E-state index in [2.05, 4.69) is 40.7 Å². The van der Waals surface area contributed by atoms with Gasteiger partial charge in [-0.25, -0.2) is 10.1 Å². The van der Waals surface area contributed by atoms with E-state index in [1.807, 2.05) is 36.4 Å². The quantitative estimate of drug-likeness (QED) is 0.239. The minimum Gasteiger partial charge on any atom is -0.489 e. The van der Waals surface area contributed by atoms with Gasteiger partial charge in [0.1, 0.15) is 18.1 Å². The van der Waals surface area contributed by atoms with Crippen LogP contribution in [-0.2, 0) is 17.9 Å². The van der Waals surface area contributed by atoms with E-state index in [-0.39, 0.29) is 17.3 Å². The number of benzene rings is 2. The van der Waals surface area contributed by atoms with Crippen LogP contribution in [-0.4, -0.2) is 68.6 Å². The van der Waals surface area contributed by atoms with Crippen LogP contribution in [0.3, 0.4) is 0 Å². The van der Waals surface area contributed by atoms with Crippen molar-refractivity contribution in [1.29, 1.82) is 0 Å². The Balaban J connectivity index is 1.26. The molecule has 5 rings (SSSR count). The number of hydrogen-bond acceptors (Lipinski definition) is 11. The number of carbonyl (C=O) groups excluding carboxylic acids is 1. The first kappa shape index (κ1) is 25.3. The molecule has 1 aliphatic heterocycles. The standard InChI is InChI=1S/C24H24ClN9O4/c25-19-4-2-1-3-17(19)15-37-18-7-5-16(6-8-18)13-27-29-24(35)21-20(14-33-9-11-36-12-10-33)28-32-34(21)23-22(26)30-38-31-23/h1-8,13H,9-12,14-15H2,(H2,26,30)(H,29,35)/b27-13+. The second-order valence-corrected chi connectivity index (χ2v) is 8.71. The molecular formula is C24H24ClN9O4. The number of nitrogens with two attached hydrogens (primary N) is 1. The van der Waals surface area contributed by atoms with Gasteiger partial charge in [0, 0.05) is 30.2 Å². The summed E-state index contributed by atoms with van der Waals surface area (Å²) in [5.74, 6) is 0.165. The maximum absolute atomic E-state index is 13.2. The molecule has 196 valence electrons. The molecule has 0 saturated carbocycles. The zero-order valence-electron chi connectivity index (χ0n) is 20.2. The number of nitrogen functional groups attached to an aromatic ring is 1. The molecule has 3 heterocycles. The van der Waals surface area contributed by atoms with E-state index >= 15 is 0 Å². The van der Waals surface area contributed by atoms with Gasteiger partial charge in [-0.1, -0.05) is 35.0 Å². The molecule has 38 heavy (non-hydrogen) atoms. The number of rotatable bonds is 9. The molecule has 0 unspecified atom stereocenters. The van der Waals surface area contributed by atoms with Crippen LogP contribution in [0.2, 0.25) is 5.02 Å². The van der Waals surface area contributed by atoms with Crippen LogP contribution in [0.15, 0.2) is 58.3 Å². The monoisotopic (exact) mass is 537 g/mol. The Morgan fingerprint density at radius 3 is 2.68 bits per heavy atom. The molecule has 1 aliphatic rings. The molecule has 4 aromatic rings. The lowest BCUT2D eigenvalue weighted by Gasteiger charge is -2.25. The number of ether oxygens (including phenoxy) is 2. The molecule has 0 spiro atoms. The molecule has 1 amide bonds. The van der Waals surface area contributed by atoms with Crippen LogP contribution in [0.25, 0.3) is 5.82 Å². The molecule has 14 heteroatoms. The summed E-state index contributed by atoms with van der Waals surface area (Å²) in [6, 6.07) is 14.7. The van der Waals surface area contributed by atoms with Gasteiger partial charge < -0.3 is 15.2 Å². The highest BCUT2D eigenvalue weighted by atomic mass is 35.5. The fraction of sp³-hybridized carbons (Fsp3) is 0.250. The van der Waals surface area contributed by atoms with E-state index in [0.29, 0.717) is 55.9 Å². The van der Waals surface area contributed by atoms with E-state index in [4.69, 9.17) is 26.8 Å². The molecule has 2 aromatic carbocycles. The first-order valence-electron chi connectivity index (χ1n) is 11.7. The van der Waals surface area contributed by atoms with Gasteiger partial charge in [-0.3, -0.25) is 9.69 Å². The molecule has 0 radical (unpaired) electrons. The Kier molecular flexibility index (Phi) is 7.87. The minimum absolute atomic E-state index is 0.0257. The molecular weight excluding hydrogens is 514 g/mol. The Morgan fingerprint density at radius 2 is 1.95 bits per heavy atom. The third-order valence-corrected chi connectivity index (χ3v) is 6.11. The largest absolute Gasteiger partial charge is 0.489 e. The summed E-state index contributed by atoms with van der Waals surface area (Å²) in [5, 5.41) is 20.3. The molecule has 13 nitrogen and oxygen atoms in total. The number of anilines is 1. The van der Waals surface area contributed by atoms with Gasteiger partial charge >= 0.3 is 0 Å². The van der Waals surface area contributed by atoms with Gasteiger partial charge in [0.05, 0.1) is 19.4 Å². The molecule has 0 atom stereocenters.